The zero-order chi connectivity index (χ0) is 20.3. The molecule has 5 rings (SSSR count). The van der Waals surface area contributed by atoms with Crippen LogP contribution in [-0.2, 0) is 9.59 Å². The van der Waals surface area contributed by atoms with Crippen molar-refractivity contribution in [3.63, 3.8) is 0 Å². The molecule has 29 heavy (non-hydrogen) atoms. The topological polar surface area (TPSA) is 117 Å². The van der Waals surface area contributed by atoms with E-state index < -0.39 is 6.04 Å². The number of carbonyl (C=O) groups excluding carboxylic acids is 2. The molecule has 2 bridgehead atoms. The minimum atomic E-state index is -0.729. The van der Waals surface area contributed by atoms with Crippen LogP contribution in [0.3, 0.4) is 0 Å². The van der Waals surface area contributed by atoms with E-state index >= 15 is 0 Å². The molecule has 6 atom stereocenters. The van der Waals surface area contributed by atoms with Crippen LogP contribution < -0.4 is 10.6 Å². The predicted molar refractivity (Wildman–Crippen MR) is 103 cm³/mol. The zero-order valence-electron chi connectivity index (χ0n) is 15.9. The first-order chi connectivity index (χ1) is 14.0. The van der Waals surface area contributed by atoms with Gasteiger partial charge in [0.2, 0.25) is 11.8 Å². The Hall–Kier alpha value is -2.94. The van der Waals surface area contributed by atoms with Crippen LogP contribution >= 0.6 is 0 Å². The fraction of sp³-hybridized carbons (Fsp3) is 0.524. The molecule has 1 aliphatic carbocycles. The molecular weight excluding hydrogens is 368 g/mol. The van der Waals surface area contributed by atoms with E-state index in [1.807, 2.05) is 11.0 Å². The number of hydrogen-bond donors (Lipinski definition) is 1. The Morgan fingerprint density at radius 2 is 2.10 bits per heavy atom. The molecule has 0 aromatic heterocycles. The van der Waals surface area contributed by atoms with Crippen molar-refractivity contribution < 1.29 is 9.59 Å². The lowest BCUT2D eigenvalue weighted by Gasteiger charge is -2.35. The molecule has 2 N–H and O–H groups in total. The van der Waals surface area contributed by atoms with Crippen molar-refractivity contribution >= 4 is 17.5 Å². The largest absolute Gasteiger partial charge is 0.322 e. The smallest absolute Gasteiger partial charge is 0.244 e. The maximum Gasteiger partial charge on any atom is 0.244 e. The normalized spacial score (nSPS) is 33.3. The summed E-state index contributed by atoms with van der Waals surface area (Å²) in [4.78, 5) is 31.3. The fourth-order valence-corrected chi connectivity index (χ4v) is 5.34. The van der Waals surface area contributed by atoms with E-state index in [-0.39, 0.29) is 36.0 Å². The molecule has 3 aliphatic heterocycles. The molecule has 3 saturated heterocycles. The molecule has 0 spiro atoms. The summed E-state index contributed by atoms with van der Waals surface area (Å²) in [5.74, 6) is 0.280. The Morgan fingerprint density at radius 3 is 2.83 bits per heavy atom. The van der Waals surface area contributed by atoms with Gasteiger partial charge in [0.1, 0.15) is 6.04 Å². The Morgan fingerprint density at radius 1 is 1.28 bits per heavy atom. The van der Waals surface area contributed by atoms with Crippen molar-refractivity contribution in [2.75, 3.05) is 18.0 Å². The summed E-state index contributed by atoms with van der Waals surface area (Å²) in [5.41, 5.74) is 7.50. The van der Waals surface area contributed by atoms with Gasteiger partial charge in [0.25, 0.3) is 0 Å². The lowest BCUT2D eigenvalue weighted by molar-refractivity contribution is -0.135. The van der Waals surface area contributed by atoms with Crippen LogP contribution in [0.25, 0.3) is 0 Å². The van der Waals surface area contributed by atoms with E-state index in [2.05, 4.69) is 12.1 Å². The molecule has 1 unspecified atom stereocenters. The molecule has 4 aliphatic rings. The van der Waals surface area contributed by atoms with Crippen molar-refractivity contribution in [1.29, 1.82) is 10.5 Å². The molecule has 1 aromatic rings. The molecule has 0 radical (unpaired) electrons. The summed E-state index contributed by atoms with van der Waals surface area (Å²) < 4.78 is 0. The molecule has 1 aromatic carbocycles. The number of nitrogens with two attached hydrogens (primary N) is 1. The highest BCUT2D eigenvalue weighted by molar-refractivity contribution is 6.01. The number of fused-ring (bicyclic) bond motifs is 3. The molecule has 3 heterocycles. The second kappa shape index (κ2) is 6.55. The number of amides is 2. The summed E-state index contributed by atoms with van der Waals surface area (Å²) in [6, 6.07) is 10.2. The lowest BCUT2D eigenvalue weighted by Crippen LogP contribution is -2.57. The predicted octanol–water partition coefficient (Wildman–Crippen LogP) is 0.188. The Bertz CT molecular complexity index is 965. The molecular formula is C21H22N6O2. The van der Waals surface area contributed by atoms with Gasteiger partial charge in [-0.15, -0.1) is 0 Å². The van der Waals surface area contributed by atoms with Crippen molar-refractivity contribution in [3.05, 3.63) is 29.8 Å². The van der Waals surface area contributed by atoms with Crippen LogP contribution in [-0.4, -0.2) is 64.9 Å². The van der Waals surface area contributed by atoms with Gasteiger partial charge in [0.05, 0.1) is 35.8 Å². The van der Waals surface area contributed by atoms with Gasteiger partial charge in [-0.2, -0.15) is 10.5 Å². The van der Waals surface area contributed by atoms with E-state index in [9.17, 15) is 14.9 Å². The molecule has 8 heteroatoms. The molecule has 8 nitrogen and oxygen atoms in total. The standard InChI is InChI=1S/C21H22N6O2/c22-8-12-2-1-3-14(4-12)26-16-7-19(21(26)29)25(10-16)11-17(24)20(28)27-15(9-23)5-13-6-18(13)27/h1-4,13,15-19H,5-7,10-11,24H2/t13-,15+,16+,17+,18?,19+/m1/s1. The summed E-state index contributed by atoms with van der Waals surface area (Å²) in [6.45, 7) is 0.978. The Kier molecular flexibility index (Phi) is 4.09. The summed E-state index contributed by atoms with van der Waals surface area (Å²) >= 11 is 0. The molecule has 148 valence electrons. The third-order valence-corrected chi connectivity index (χ3v) is 6.78. The number of hydrogen-bond acceptors (Lipinski definition) is 6. The van der Waals surface area contributed by atoms with E-state index in [1.165, 1.54) is 0 Å². The number of carbonyl (C=O) groups is 2. The van der Waals surface area contributed by atoms with Crippen molar-refractivity contribution in [1.82, 2.24) is 9.80 Å². The number of piperazine rings is 1. The second-order valence-corrected chi connectivity index (χ2v) is 8.53. The van der Waals surface area contributed by atoms with Gasteiger partial charge < -0.3 is 15.5 Å². The van der Waals surface area contributed by atoms with Crippen LogP contribution in [0, 0.1) is 28.6 Å². The number of nitriles is 2. The van der Waals surface area contributed by atoms with E-state index in [4.69, 9.17) is 11.0 Å². The average molecular weight is 390 g/mol. The molecule has 1 saturated carbocycles. The zero-order valence-corrected chi connectivity index (χ0v) is 15.9. The third-order valence-electron chi connectivity index (χ3n) is 6.78. The number of anilines is 1. The maximum absolute atomic E-state index is 13.0. The van der Waals surface area contributed by atoms with Crippen LogP contribution in [0.15, 0.2) is 24.3 Å². The minimum absolute atomic E-state index is 0.00526. The first-order valence-corrected chi connectivity index (χ1v) is 10.1. The van der Waals surface area contributed by atoms with Gasteiger partial charge in [-0.1, -0.05) is 6.07 Å². The third kappa shape index (κ3) is 2.79. The van der Waals surface area contributed by atoms with Crippen molar-refractivity contribution in [2.24, 2.45) is 11.7 Å². The van der Waals surface area contributed by atoms with Crippen LogP contribution in [0.5, 0.6) is 0 Å². The number of benzene rings is 1. The highest BCUT2D eigenvalue weighted by Gasteiger charge is 2.55. The van der Waals surface area contributed by atoms with Gasteiger partial charge in [-0.3, -0.25) is 14.5 Å². The highest BCUT2D eigenvalue weighted by Crippen LogP contribution is 2.47. The maximum atomic E-state index is 13.0. The van der Waals surface area contributed by atoms with Gasteiger partial charge in [-0.25, -0.2) is 0 Å². The van der Waals surface area contributed by atoms with E-state index in [0.717, 1.165) is 18.5 Å². The summed E-state index contributed by atoms with van der Waals surface area (Å²) in [6.07, 6.45) is 2.43. The number of piperidine rings is 1. The SMILES string of the molecule is N#Cc1cccc(N2C(=O)[C@@H]3C[C@H]2CN3C[C@H](N)C(=O)N2C3C[C@H]3C[C@H]2C#N)c1. The van der Waals surface area contributed by atoms with Crippen molar-refractivity contribution in [3.8, 4) is 12.1 Å². The molecule has 2 amide bonds. The first kappa shape index (κ1) is 18.1. The molecule has 4 fully saturated rings. The lowest BCUT2D eigenvalue weighted by atomic mass is 10.1. The minimum Gasteiger partial charge on any atom is -0.322 e. The van der Waals surface area contributed by atoms with Gasteiger partial charge in [0, 0.05) is 24.8 Å². The Labute approximate surface area is 169 Å². The van der Waals surface area contributed by atoms with Crippen LogP contribution in [0.1, 0.15) is 24.8 Å². The number of nitrogens with zero attached hydrogens (tertiary/aromatic N) is 5. The Balaban J connectivity index is 1.26. The monoisotopic (exact) mass is 390 g/mol. The fourth-order valence-electron chi connectivity index (χ4n) is 5.34. The summed E-state index contributed by atoms with van der Waals surface area (Å²) in [5, 5.41) is 18.4. The quantitative estimate of drug-likeness (QED) is 0.784. The van der Waals surface area contributed by atoms with E-state index in [1.54, 1.807) is 28.0 Å². The van der Waals surface area contributed by atoms with Crippen molar-refractivity contribution in [2.45, 2.75) is 49.5 Å². The van der Waals surface area contributed by atoms with Gasteiger partial charge in [0.15, 0.2) is 0 Å². The van der Waals surface area contributed by atoms with Gasteiger partial charge >= 0.3 is 0 Å². The second-order valence-electron chi connectivity index (χ2n) is 8.53. The van der Waals surface area contributed by atoms with Gasteiger partial charge in [-0.05, 0) is 43.4 Å². The summed E-state index contributed by atoms with van der Waals surface area (Å²) in [7, 11) is 0. The van der Waals surface area contributed by atoms with Crippen LogP contribution in [0.2, 0.25) is 0 Å². The number of likely N-dealkylation sites (tertiary alicyclic amines) is 2. The van der Waals surface area contributed by atoms with E-state index in [0.29, 0.717) is 31.0 Å². The average Bonchev–Trinajstić information content (AvgIpc) is 3.07. The highest BCUT2D eigenvalue weighted by atomic mass is 16.2. The number of rotatable bonds is 4. The van der Waals surface area contributed by atoms with Crippen LogP contribution in [0.4, 0.5) is 5.69 Å². The first-order valence-electron chi connectivity index (χ1n) is 10.1.